The molecule has 0 unspecified atom stereocenters. The molecule has 6 nitrogen and oxygen atoms in total. The molecule has 0 bridgehead atoms. The smallest absolute Gasteiger partial charge is 0.356 e. The Kier molecular flexibility index (Phi) is 5.45. The molecular formula is C8H18NO5P. The van der Waals surface area contributed by atoms with Gasteiger partial charge in [0.05, 0.1) is 6.61 Å². The predicted octanol–water partition coefficient (Wildman–Crippen LogP) is 0.648. The largest absolute Gasteiger partial charge is 0.469 e. The first-order chi connectivity index (χ1) is 6.63. The van der Waals surface area contributed by atoms with Gasteiger partial charge in [-0.2, -0.15) is 0 Å². The molecular weight excluding hydrogens is 221 g/mol. The van der Waals surface area contributed by atoms with Crippen LogP contribution in [0.3, 0.4) is 0 Å². The Morgan fingerprint density at radius 1 is 1.40 bits per heavy atom. The minimum atomic E-state index is -4.37. The number of nitrogens with one attached hydrogen (secondary N) is 1. The summed E-state index contributed by atoms with van der Waals surface area (Å²) in [5.74, 6) is -0.0984. The maximum Gasteiger partial charge on any atom is 0.469 e. The van der Waals surface area contributed by atoms with Crippen LogP contribution < -0.4 is 5.32 Å². The highest BCUT2D eigenvalue weighted by Gasteiger charge is 2.20. The Morgan fingerprint density at radius 3 is 2.33 bits per heavy atom. The van der Waals surface area contributed by atoms with Crippen molar-refractivity contribution < 1.29 is 23.7 Å². The van der Waals surface area contributed by atoms with E-state index in [1.807, 2.05) is 0 Å². The van der Waals surface area contributed by atoms with Gasteiger partial charge in [-0.05, 0) is 6.42 Å². The van der Waals surface area contributed by atoms with Crippen LogP contribution in [0.15, 0.2) is 0 Å². The fourth-order valence-corrected chi connectivity index (χ4v) is 1.09. The molecule has 0 aromatic heterocycles. The van der Waals surface area contributed by atoms with E-state index in [0.29, 0.717) is 13.0 Å². The van der Waals surface area contributed by atoms with Crippen molar-refractivity contribution in [1.82, 2.24) is 5.32 Å². The molecule has 0 heterocycles. The Labute approximate surface area is 89.3 Å². The highest BCUT2D eigenvalue weighted by atomic mass is 31.2. The molecule has 0 aliphatic carbocycles. The van der Waals surface area contributed by atoms with E-state index in [1.165, 1.54) is 0 Å². The molecule has 15 heavy (non-hydrogen) atoms. The Morgan fingerprint density at radius 2 is 1.93 bits per heavy atom. The molecule has 0 radical (unpaired) electrons. The second-order valence-electron chi connectivity index (χ2n) is 4.18. The molecule has 0 saturated heterocycles. The maximum absolute atomic E-state index is 11.3. The molecule has 0 rings (SSSR count). The van der Waals surface area contributed by atoms with Crippen LogP contribution in [-0.2, 0) is 13.9 Å². The molecule has 0 spiro atoms. The molecule has 0 aromatic rings. The summed E-state index contributed by atoms with van der Waals surface area (Å²) >= 11 is 0. The van der Waals surface area contributed by atoms with E-state index >= 15 is 0 Å². The van der Waals surface area contributed by atoms with E-state index in [1.54, 1.807) is 20.8 Å². The fraction of sp³-hybridized carbons (Fsp3) is 0.875. The van der Waals surface area contributed by atoms with Crippen LogP contribution in [-0.4, -0.2) is 28.8 Å². The standard InChI is InChI=1S/C8H18NO5P/c1-8(2,3)7(10)9-5-4-6-14-15(11,12)13/h4-6H2,1-3H3,(H,9,10)(H2,11,12,13). The summed E-state index contributed by atoms with van der Waals surface area (Å²) in [5, 5.41) is 2.64. The van der Waals surface area contributed by atoms with Crippen LogP contribution in [0.5, 0.6) is 0 Å². The zero-order valence-corrected chi connectivity index (χ0v) is 10.1. The average molecular weight is 239 g/mol. The molecule has 0 atom stereocenters. The Hall–Kier alpha value is -0.420. The SMILES string of the molecule is CC(C)(C)C(=O)NCCCOP(=O)(O)O. The van der Waals surface area contributed by atoms with Gasteiger partial charge in [0.25, 0.3) is 0 Å². The molecule has 1 amide bonds. The minimum Gasteiger partial charge on any atom is -0.356 e. The highest BCUT2D eigenvalue weighted by molar-refractivity contribution is 7.46. The first-order valence-corrected chi connectivity index (χ1v) is 6.14. The summed E-state index contributed by atoms with van der Waals surface area (Å²) in [7, 11) is -4.37. The van der Waals surface area contributed by atoms with Gasteiger partial charge in [-0.3, -0.25) is 9.32 Å². The third-order valence-electron chi connectivity index (χ3n) is 1.55. The molecule has 0 fully saturated rings. The number of phosphoric ester groups is 1. The van der Waals surface area contributed by atoms with Crippen LogP contribution >= 0.6 is 7.82 Å². The van der Waals surface area contributed by atoms with Crippen molar-refractivity contribution >= 4 is 13.7 Å². The van der Waals surface area contributed by atoms with Gasteiger partial charge in [0.15, 0.2) is 0 Å². The van der Waals surface area contributed by atoms with Crippen molar-refractivity contribution in [3.8, 4) is 0 Å². The predicted molar refractivity (Wildman–Crippen MR) is 55.1 cm³/mol. The van der Waals surface area contributed by atoms with Gasteiger partial charge in [-0.1, -0.05) is 20.8 Å². The second-order valence-corrected chi connectivity index (χ2v) is 5.42. The van der Waals surface area contributed by atoms with Crippen LogP contribution in [0.1, 0.15) is 27.2 Å². The van der Waals surface area contributed by atoms with Crippen molar-refractivity contribution in [2.45, 2.75) is 27.2 Å². The summed E-state index contributed by atoms with van der Waals surface area (Å²) < 4.78 is 14.5. The third kappa shape index (κ3) is 8.57. The lowest BCUT2D eigenvalue weighted by molar-refractivity contribution is -0.128. The molecule has 0 aromatic carbocycles. The van der Waals surface area contributed by atoms with Gasteiger partial charge in [0.2, 0.25) is 5.91 Å². The number of rotatable bonds is 5. The quantitative estimate of drug-likeness (QED) is 0.483. The van der Waals surface area contributed by atoms with Gasteiger partial charge < -0.3 is 15.1 Å². The lowest BCUT2D eigenvalue weighted by atomic mass is 9.96. The number of phosphoric acid groups is 1. The number of hydrogen-bond acceptors (Lipinski definition) is 3. The third-order valence-corrected chi connectivity index (χ3v) is 2.07. The van der Waals surface area contributed by atoms with Gasteiger partial charge >= 0.3 is 7.82 Å². The second kappa shape index (κ2) is 5.61. The monoisotopic (exact) mass is 239 g/mol. The van der Waals surface area contributed by atoms with E-state index in [4.69, 9.17) is 9.79 Å². The van der Waals surface area contributed by atoms with E-state index in [9.17, 15) is 9.36 Å². The maximum atomic E-state index is 11.3. The topological polar surface area (TPSA) is 95.9 Å². The summed E-state index contributed by atoms with van der Waals surface area (Å²) in [6.07, 6.45) is 0.368. The van der Waals surface area contributed by atoms with Crippen molar-refractivity contribution in [2.75, 3.05) is 13.2 Å². The van der Waals surface area contributed by atoms with Gasteiger partial charge in [-0.25, -0.2) is 4.57 Å². The normalized spacial score (nSPS) is 12.6. The minimum absolute atomic E-state index is 0.0747. The van der Waals surface area contributed by atoms with E-state index in [0.717, 1.165) is 0 Å². The van der Waals surface area contributed by atoms with Crippen LogP contribution in [0.25, 0.3) is 0 Å². The van der Waals surface area contributed by atoms with Crippen LogP contribution in [0.4, 0.5) is 0 Å². The van der Waals surface area contributed by atoms with Gasteiger partial charge in [-0.15, -0.1) is 0 Å². The lowest BCUT2D eigenvalue weighted by Gasteiger charge is -2.17. The zero-order chi connectivity index (χ0) is 12.1. The number of hydrogen-bond donors (Lipinski definition) is 3. The number of carbonyl (C=O) groups is 1. The first-order valence-electron chi connectivity index (χ1n) is 4.61. The molecule has 0 saturated carbocycles. The zero-order valence-electron chi connectivity index (χ0n) is 9.19. The van der Waals surface area contributed by atoms with Gasteiger partial charge in [0.1, 0.15) is 0 Å². The number of carbonyl (C=O) groups excluding carboxylic acids is 1. The summed E-state index contributed by atoms with van der Waals surface area (Å²) in [5.41, 5.74) is -0.454. The molecule has 7 heteroatoms. The van der Waals surface area contributed by atoms with Crippen LogP contribution in [0.2, 0.25) is 0 Å². The summed E-state index contributed by atoms with van der Waals surface area (Å²) in [6.45, 7) is 5.63. The Bertz CT molecular complexity index is 254. The van der Waals surface area contributed by atoms with Gasteiger partial charge in [0, 0.05) is 12.0 Å². The van der Waals surface area contributed by atoms with E-state index in [-0.39, 0.29) is 12.5 Å². The molecule has 3 N–H and O–H groups in total. The van der Waals surface area contributed by atoms with E-state index < -0.39 is 13.2 Å². The van der Waals surface area contributed by atoms with Crippen molar-refractivity contribution in [2.24, 2.45) is 5.41 Å². The van der Waals surface area contributed by atoms with Crippen molar-refractivity contribution in [3.05, 3.63) is 0 Å². The summed E-state index contributed by atoms with van der Waals surface area (Å²) in [4.78, 5) is 28.0. The fourth-order valence-electron chi connectivity index (χ4n) is 0.723. The summed E-state index contributed by atoms with van der Waals surface area (Å²) in [6, 6.07) is 0. The average Bonchev–Trinajstić information content (AvgIpc) is 1.99. The van der Waals surface area contributed by atoms with E-state index in [2.05, 4.69) is 9.84 Å². The highest BCUT2D eigenvalue weighted by Crippen LogP contribution is 2.35. The van der Waals surface area contributed by atoms with Crippen molar-refractivity contribution in [1.29, 1.82) is 0 Å². The Balaban J connectivity index is 3.57. The first kappa shape index (κ1) is 14.6. The van der Waals surface area contributed by atoms with Crippen LogP contribution in [0, 0.1) is 5.41 Å². The number of amides is 1. The lowest BCUT2D eigenvalue weighted by Crippen LogP contribution is -2.35. The molecule has 0 aliphatic heterocycles. The molecule has 0 aliphatic rings. The molecule has 90 valence electrons. The van der Waals surface area contributed by atoms with Crippen molar-refractivity contribution in [3.63, 3.8) is 0 Å².